The average molecular weight is 264 g/mol. The molecule has 0 aliphatic carbocycles. The lowest BCUT2D eigenvalue weighted by atomic mass is 10.3. The molecule has 0 radical (unpaired) electrons. The first-order valence-electron chi connectivity index (χ1n) is 5.26. The van der Waals surface area contributed by atoms with Gasteiger partial charge in [0.2, 0.25) is 0 Å². The van der Waals surface area contributed by atoms with Crippen LogP contribution in [0.1, 0.15) is 32.8 Å². The maximum absolute atomic E-state index is 11.9. The van der Waals surface area contributed by atoms with Gasteiger partial charge in [-0.1, -0.05) is 11.3 Å². The molecule has 0 unspecified atom stereocenters. The molecule has 1 amide bonds. The van der Waals surface area contributed by atoms with Crippen LogP contribution in [-0.2, 0) is 7.05 Å². The van der Waals surface area contributed by atoms with Crippen LogP contribution in [0.4, 0.5) is 5.13 Å². The van der Waals surface area contributed by atoms with Crippen molar-refractivity contribution >= 4 is 28.2 Å². The predicted octanol–water partition coefficient (Wildman–Crippen LogP) is 1.64. The lowest BCUT2D eigenvalue weighted by Crippen LogP contribution is -2.15. The van der Waals surface area contributed by atoms with Gasteiger partial charge in [-0.3, -0.25) is 19.6 Å². The zero-order valence-corrected chi connectivity index (χ0v) is 11.0. The summed E-state index contributed by atoms with van der Waals surface area (Å²) < 4.78 is 1.47. The number of nitrogens with one attached hydrogen (secondary N) is 1. The molecule has 0 saturated carbocycles. The lowest BCUT2D eigenvalue weighted by molar-refractivity contribution is 0.101. The Bertz CT molecular complexity index is 614. The summed E-state index contributed by atoms with van der Waals surface area (Å²) in [6.07, 6.45) is 1.54. The van der Waals surface area contributed by atoms with Gasteiger partial charge in [-0.15, -0.1) is 0 Å². The van der Waals surface area contributed by atoms with E-state index < -0.39 is 0 Å². The lowest BCUT2D eigenvalue weighted by Gasteiger charge is -2.01. The van der Waals surface area contributed by atoms with Crippen LogP contribution in [0.2, 0.25) is 0 Å². The van der Waals surface area contributed by atoms with Crippen molar-refractivity contribution in [2.75, 3.05) is 5.32 Å². The second kappa shape index (κ2) is 4.69. The number of rotatable bonds is 3. The fourth-order valence-corrected chi connectivity index (χ4v) is 2.39. The summed E-state index contributed by atoms with van der Waals surface area (Å²) in [6, 6.07) is 1.61. The first kappa shape index (κ1) is 12.4. The van der Waals surface area contributed by atoms with Gasteiger partial charge in [-0.05, 0) is 13.0 Å². The van der Waals surface area contributed by atoms with E-state index in [0.717, 1.165) is 0 Å². The summed E-state index contributed by atoms with van der Waals surface area (Å²) >= 11 is 1.18. The number of ketones is 1. The van der Waals surface area contributed by atoms with Crippen molar-refractivity contribution in [3.63, 3.8) is 0 Å². The second-order valence-corrected chi connectivity index (χ2v) is 4.78. The van der Waals surface area contributed by atoms with Crippen molar-refractivity contribution in [2.45, 2.75) is 13.8 Å². The molecule has 1 N–H and O–H groups in total. The number of anilines is 1. The fraction of sp³-hybridized carbons (Fsp3) is 0.273. The molecule has 7 heteroatoms. The minimum absolute atomic E-state index is 0.0500. The van der Waals surface area contributed by atoms with Gasteiger partial charge in [0.1, 0.15) is 5.69 Å². The standard InChI is InChI=1S/C11H12N4O2S/c1-6-9(7(2)16)18-11(13-6)14-10(17)8-4-5-12-15(8)3/h4-5H,1-3H3,(H,13,14,17). The Balaban J connectivity index is 2.20. The van der Waals surface area contributed by atoms with Crippen LogP contribution in [0.15, 0.2) is 12.3 Å². The van der Waals surface area contributed by atoms with Crippen molar-refractivity contribution in [1.29, 1.82) is 0 Å². The number of hydrogen-bond acceptors (Lipinski definition) is 5. The number of thiazole rings is 1. The van der Waals surface area contributed by atoms with E-state index in [1.807, 2.05) is 0 Å². The van der Waals surface area contributed by atoms with Gasteiger partial charge in [0, 0.05) is 20.2 Å². The third-order valence-corrected chi connectivity index (χ3v) is 3.56. The van der Waals surface area contributed by atoms with E-state index in [1.165, 1.54) is 22.9 Å². The van der Waals surface area contributed by atoms with Crippen LogP contribution in [-0.4, -0.2) is 26.5 Å². The molecular weight excluding hydrogens is 252 g/mol. The normalized spacial score (nSPS) is 10.4. The van der Waals surface area contributed by atoms with E-state index >= 15 is 0 Å². The van der Waals surface area contributed by atoms with Crippen molar-refractivity contribution in [2.24, 2.45) is 7.05 Å². The molecule has 0 atom stereocenters. The second-order valence-electron chi connectivity index (χ2n) is 3.78. The summed E-state index contributed by atoms with van der Waals surface area (Å²) in [4.78, 5) is 27.9. The highest BCUT2D eigenvalue weighted by atomic mass is 32.1. The largest absolute Gasteiger partial charge is 0.296 e. The summed E-state index contributed by atoms with van der Waals surface area (Å²) in [5.41, 5.74) is 1.07. The first-order chi connectivity index (χ1) is 8.49. The SMILES string of the molecule is CC(=O)c1sc(NC(=O)c2ccnn2C)nc1C. The van der Waals surface area contributed by atoms with Crippen LogP contribution in [0.3, 0.4) is 0 Å². The number of aromatic nitrogens is 3. The molecule has 0 aliphatic heterocycles. The molecule has 0 spiro atoms. The van der Waals surface area contributed by atoms with E-state index in [4.69, 9.17) is 0 Å². The quantitative estimate of drug-likeness (QED) is 0.855. The summed E-state index contributed by atoms with van der Waals surface area (Å²) in [5.74, 6) is -0.343. The fourth-order valence-electron chi connectivity index (χ4n) is 1.53. The zero-order chi connectivity index (χ0) is 13.3. The monoisotopic (exact) mass is 264 g/mol. The minimum Gasteiger partial charge on any atom is -0.296 e. The zero-order valence-electron chi connectivity index (χ0n) is 10.2. The van der Waals surface area contributed by atoms with Crippen LogP contribution in [0, 0.1) is 6.92 Å². The molecular formula is C11H12N4O2S. The van der Waals surface area contributed by atoms with Gasteiger partial charge in [-0.2, -0.15) is 5.10 Å². The highest BCUT2D eigenvalue weighted by Crippen LogP contribution is 2.23. The van der Waals surface area contributed by atoms with Gasteiger partial charge in [-0.25, -0.2) is 4.98 Å². The molecule has 6 nitrogen and oxygen atoms in total. The molecule has 0 aliphatic rings. The summed E-state index contributed by atoms with van der Waals surface area (Å²) in [5, 5.41) is 6.99. The Morgan fingerprint density at radius 3 is 2.67 bits per heavy atom. The highest BCUT2D eigenvalue weighted by molar-refractivity contribution is 7.17. The smallest absolute Gasteiger partial charge is 0.275 e. The number of aryl methyl sites for hydroxylation is 2. The number of amides is 1. The number of hydrogen-bond donors (Lipinski definition) is 1. The van der Waals surface area contributed by atoms with Gasteiger partial charge >= 0.3 is 0 Å². The van der Waals surface area contributed by atoms with E-state index in [9.17, 15) is 9.59 Å². The molecule has 0 saturated heterocycles. The molecule has 2 aromatic heterocycles. The maximum atomic E-state index is 11.9. The molecule has 94 valence electrons. The molecule has 2 rings (SSSR count). The number of carbonyl (C=O) groups is 2. The van der Waals surface area contributed by atoms with Crippen LogP contribution >= 0.6 is 11.3 Å². The Labute approximate surface area is 108 Å². The molecule has 18 heavy (non-hydrogen) atoms. The van der Waals surface area contributed by atoms with Crippen molar-refractivity contribution < 1.29 is 9.59 Å². The van der Waals surface area contributed by atoms with E-state index in [-0.39, 0.29) is 11.7 Å². The predicted molar refractivity (Wildman–Crippen MR) is 68.0 cm³/mol. The van der Waals surface area contributed by atoms with Crippen LogP contribution in [0.5, 0.6) is 0 Å². The third kappa shape index (κ3) is 2.30. The molecule has 0 fully saturated rings. The highest BCUT2D eigenvalue weighted by Gasteiger charge is 2.15. The molecule has 2 aromatic rings. The Morgan fingerprint density at radius 2 is 2.17 bits per heavy atom. The van der Waals surface area contributed by atoms with Gasteiger partial charge in [0.15, 0.2) is 10.9 Å². The van der Waals surface area contributed by atoms with Gasteiger partial charge in [0.05, 0.1) is 10.6 Å². The molecule has 2 heterocycles. The summed E-state index contributed by atoms with van der Waals surface area (Å²) in [6.45, 7) is 3.22. The maximum Gasteiger partial charge on any atom is 0.275 e. The molecule has 0 bridgehead atoms. The van der Waals surface area contributed by atoms with Crippen molar-refractivity contribution in [3.05, 3.63) is 28.5 Å². The number of nitrogens with zero attached hydrogens (tertiary/aromatic N) is 3. The van der Waals surface area contributed by atoms with Gasteiger partial charge < -0.3 is 0 Å². The van der Waals surface area contributed by atoms with Crippen LogP contribution in [0.25, 0.3) is 0 Å². The minimum atomic E-state index is -0.293. The van der Waals surface area contributed by atoms with Gasteiger partial charge in [0.25, 0.3) is 5.91 Å². The topological polar surface area (TPSA) is 76.9 Å². The number of carbonyl (C=O) groups excluding carboxylic acids is 2. The Hall–Kier alpha value is -2.02. The van der Waals surface area contributed by atoms with Crippen LogP contribution < -0.4 is 5.32 Å². The first-order valence-corrected chi connectivity index (χ1v) is 6.08. The Morgan fingerprint density at radius 1 is 1.44 bits per heavy atom. The molecule has 0 aromatic carbocycles. The average Bonchev–Trinajstić information content (AvgIpc) is 2.84. The summed E-state index contributed by atoms with van der Waals surface area (Å²) in [7, 11) is 1.68. The van der Waals surface area contributed by atoms with E-state index in [0.29, 0.717) is 21.4 Å². The Kier molecular flexibility index (Phi) is 3.24. The van der Waals surface area contributed by atoms with Crippen molar-refractivity contribution in [1.82, 2.24) is 14.8 Å². The van der Waals surface area contributed by atoms with E-state index in [1.54, 1.807) is 26.2 Å². The van der Waals surface area contributed by atoms with Crippen molar-refractivity contribution in [3.8, 4) is 0 Å². The number of Topliss-reactive ketones (excluding diaryl/α,β-unsaturated/α-hetero) is 1. The van der Waals surface area contributed by atoms with E-state index in [2.05, 4.69) is 15.4 Å². The third-order valence-electron chi connectivity index (χ3n) is 2.39.